The Hall–Kier alpha value is -0.0900. The van der Waals surface area contributed by atoms with Crippen molar-refractivity contribution >= 4 is 9.84 Å². The van der Waals surface area contributed by atoms with Crippen LogP contribution in [0.3, 0.4) is 0 Å². The summed E-state index contributed by atoms with van der Waals surface area (Å²) in [6, 6.07) is 0.225. The minimum atomic E-state index is -2.83. The third kappa shape index (κ3) is 2.78. The lowest BCUT2D eigenvalue weighted by molar-refractivity contribution is -0.0681. The van der Waals surface area contributed by atoms with Gasteiger partial charge >= 0.3 is 0 Å². The average molecular weight is 299 g/mol. The van der Waals surface area contributed by atoms with E-state index in [0.717, 1.165) is 30.6 Å². The van der Waals surface area contributed by atoms with Crippen molar-refractivity contribution in [2.75, 3.05) is 11.5 Å². The summed E-state index contributed by atoms with van der Waals surface area (Å²) in [6.07, 6.45) is 9.93. The molecule has 4 aliphatic rings. The molecule has 3 nitrogen and oxygen atoms in total. The first-order valence-electron chi connectivity index (χ1n) is 8.38. The van der Waals surface area contributed by atoms with Crippen LogP contribution in [0.2, 0.25) is 0 Å². The molecule has 0 aromatic rings. The van der Waals surface area contributed by atoms with E-state index in [0.29, 0.717) is 11.2 Å². The summed E-state index contributed by atoms with van der Waals surface area (Å²) in [5, 5.41) is 0. The van der Waals surface area contributed by atoms with Gasteiger partial charge in [-0.1, -0.05) is 6.92 Å². The first-order chi connectivity index (χ1) is 9.42. The lowest BCUT2D eigenvalue weighted by atomic mass is 9.47. The first kappa shape index (κ1) is 14.8. The van der Waals surface area contributed by atoms with Crippen LogP contribution in [-0.2, 0) is 9.84 Å². The minimum absolute atomic E-state index is 0.225. The molecule has 116 valence electrons. The van der Waals surface area contributed by atoms with E-state index >= 15 is 0 Å². The fourth-order valence-electron chi connectivity index (χ4n) is 5.61. The van der Waals surface area contributed by atoms with Gasteiger partial charge in [-0.3, -0.25) is 0 Å². The molecule has 4 heteroatoms. The van der Waals surface area contributed by atoms with Gasteiger partial charge in [0.25, 0.3) is 0 Å². The predicted octanol–water partition coefficient (Wildman–Crippen LogP) is 2.75. The van der Waals surface area contributed by atoms with E-state index in [1.807, 2.05) is 0 Å². The van der Waals surface area contributed by atoms with Gasteiger partial charge < -0.3 is 5.73 Å². The fraction of sp³-hybridized carbons (Fsp3) is 1.00. The molecule has 0 spiro atoms. The highest BCUT2D eigenvalue weighted by atomic mass is 32.2. The zero-order valence-corrected chi connectivity index (χ0v) is 13.5. The van der Waals surface area contributed by atoms with Gasteiger partial charge in [-0.15, -0.1) is 0 Å². The third-order valence-electron chi connectivity index (χ3n) is 6.28. The van der Waals surface area contributed by atoms with Gasteiger partial charge in [0, 0.05) is 11.8 Å². The number of hydrogen-bond acceptors (Lipinski definition) is 3. The van der Waals surface area contributed by atoms with E-state index in [4.69, 9.17) is 5.73 Å². The van der Waals surface area contributed by atoms with E-state index in [2.05, 4.69) is 0 Å². The van der Waals surface area contributed by atoms with Crippen LogP contribution in [0.5, 0.6) is 0 Å². The SMILES string of the molecule is CCS(=O)(=O)CCCC(N)C12CC3CC(CC(C3)C1)C2. The summed E-state index contributed by atoms with van der Waals surface area (Å²) in [4.78, 5) is 0. The smallest absolute Gasteiger partial charge is 0.150 e. The Bertz CT molecular complexity index is 422. The highest BCUT2D eigenvalue weighted by Gasteiger charge is 2.53. The molecule has 0 aliphatic heterocycles. The zero-order chi connectivity index (χ0) is 14.4. The van der Waals surface area contributed by atoms with Crippen LogP contribution in [0.25, 0.3) is 0 Å². The van der Waals surface area contributed by atoms with Crippen LogP contribution in [0.15, 0.2) is 0 Å². The Kier molecular flexibility index (Phi) is 3.91. The average Bonchev–Trinajstić information content (AvgIpc) is 2.37. The van der Waals surface area contributed by atoms with Gasteiger partial charge in [-0.2, -0.15) is 0 Å². The molecule has 20 heavy (non-hydrogen) atoms. The van der Waals surface area contributed by atoms with Crippen molar-refractivity contribution in [3.8, 4) is 0 Å². The Balaban J connectivity index is 1.58. The highest BCUT2D eigenvalue weighted by Crippen LogP contribution is 2.61. The maximum Gasteiger partial charge on any atom is 0.150 e. The first-order valence-corrected chi connectivity index (χ1v) is 10.2. The maximum atomic E-state index is 11.6. The van der Waals surface area contributed by atoms with Gasteiger partial charge in [0.1, 0.15) is 9.84 Å². The molecular weight excluding hydrogens is 270 g/mol. The number of hydrogen-bond donors (Lipinski definition) is 1. The van der Waals surface area contributed by atoms with E-state index in [1.165, 1.54) is 38.5 Å². The third-order valence-corrected chi connectivity index (χ3v) is 8.07. The summed E-state index contributed by atoms with van der Waals surface area (Å²) >= 11 is 0. The van der Waals surface area contributed by atoms with Crippen molar-refractivity contribution < 1.29 is 8.42 Å². The van der Waals surface area contributed by atoms with Crippen LogP contribution >= 0.6 is 0 Å². The lowest BCUT2D eigenvalue weighted by Crippen LogP contribution is -2.54. The second-order valence-corrected chi connectivity index (χ2v) is 10.2. The topological polar surface area (TPSA) is 60.2 Å². The highest BCUT2D eigenvalue weighted by molar-refractivity contribution is 7.91. The zero-order valence-electron chi connectivity index (χ0n) is 12.7. The van der Waals surface area contributed by atoms with Crippen molar-refractivity contribution in [1.82, 2.24) is 0 Å². The number of sulfone groups is 1. The van der Waals surface area contributed by atoms with Crippen molar-refractivity contribution in [2.24, 2.45) is 28.9 Å². The summed E-state index contributed by atoms with van der Waals surface area (Å²) in [5.41, 5.74) is 6.91. The largest absolute Gasteiger partial charge is 0.327 e. The molecule has 2 N–H and O–H groups in total. The minimum Gasteiger partial charge on any atom is -0.327 e. The van der Waals surface area contributed by atoms with E-state index in [-0.39, 0.29) is 11.8 Å². The van der Waals surface area contributed by atoms with Crippen LogP contribution in [0, 0.1) is 23.2 Å². The van der Waals surface area contributed by atoms with Crippen molar-refractivity contribution in [3.63, 3.8) is 0 Å². The second kappa shape index (κ2) is 5.28. The molecule has 0 amide bonds. The maximum absolute atomic E-state index is 11.6. The summed E-state index contributed by atoms with van der Waals surface area (Å²) in [5.74, 6) is 3.36. The lowest BCUT2D eigenvalue weighted by Gasteiger charge is -2.59. The van der Waals surface area contributed by atoms with Crippen LogP contribution in [0.1, 0.15) is 58.3 Å². The molecular formula is C16H29NO2S. The quantitative estimate of drug-likeness (QED) is 0.820. The standard InChI is InChI=1S/C16H29NO2S/c1-2-20(18,19)5-3-4-15(17)16-9-12-6-13(10-16)8-14(7-12)11-16/h12-15H,2-11,17H2,1H3. The van der Waals surface area contributed by atoms with Gasteiger partial charge in [0.15, 0.2) is 0 Å². The fourth-order valence-corrected chi connectivity index (χ4v) is 6.50. The number of rotatable bonds is 6. The van der Waals surface area contributed by atoms with Crippen molar-refractivity contribution in [2.45, 2.75) is 64.3 Å². The molecule has 0 radical (unpaired) electrons. The Morgan fingerprint density at radius 1 is 1.10 bits per heavy atom. The molecule has 0 aromatic heterocycles. The van der Waals surface area contributed by atoms with E-state index in [9.17, 15) is 8.42 Å². The molecule has 4 fully saturated rings. The molecule has 0 saturated heterocycles. The predicted molar refractivity (Wildman–Crippen MR) is 82.1 cm³/mol. The Morgan fingerprint density at radius 3 is 2.05 bits per heavy atom. The summed E-state index contributed by atoms with van der Waals surface area (Å²) in [6.45, 7) is 1.73. The molecule has 4 bridgehead atoms. The molecule has 4 aliphatic carbocycles. The van der Waals surface area contributed by atoms with Crippen LogP contribution in [-0.4, -0.2) is 26.0 Å². The Morgan fingerprint density at radius 2 is 1.60 bits per heavy atom. The van der Waals surface area contributed by atoms with Gasteiger partial charge in [0.2, 0.25) is 0 Å². The molecule has 1 unspecified atom stereocenters. The van der Waals surface area contributed by atoms with Crippen molar-refractivity contribution in [3.05, 3.63) is 0 Å². The van der Waals surface area contributed by atoms with Crippen LogP contribution in [0.4, 0.5) is 0 Å². The molecule has 0 aromatic carbocycles. The van der Waals surface area contributed by atoms with E-state index < -0.39 is 9.84 Å². The number of nitrogens with two attached hydrogens (primary N) is 1. The van der Waals surface area contributed by atoms with Crippen molar-refractivity contribution in [1.29, 1.82) is 0 Å². The summed E-state index contributed by atoms with van der Waals surface area (Å²) < 4.78 is 23.2. The normalized spacial score (nSPS) is 41.0. The van der Waals surface area contributed by atoms with Gasteiger partial charge in [-0.25, -0.2) is 8.42 Å². The molecule has 4 saturated carbocycles. The van der Waals surface area contributed by atoms with E-state index in [1.54, 1.807) is 6.92 Å². The van der Waals surface area contributed by atoms with Gasteiger partial charge in [0.05, 0.1) is 5.75 Å². The molecule has 1 atom stereocenters. The second-order valence-electron chi connectivity index (χ2n) is 7.77. The van der Waals surface area contributed by atoms with Gasteiger partial charge in [-0.05, 0) is 74.5 Å². The molecule has 4 rings (SSSR count). The molecule has 0 heterocycles. The summed E-state index contributed by atoms with van der Waals surface area (Å²) in [7, 11) is -2.83. The monoisotopic (exact) mass is 299 g/mol. The van der Waals surface area contributed by atoms with Crippen LogP contribution < -0.4 is 5.73 Å². The Labute approximate surface area is 123 Å².